The van der Waals surface area contributed by atoms with E-state index in [1.54, 1.807) is 19.9 Å². The van der Waals surface area contributed by atoms with Crippen LogP contribution in [-0.4, -0.2) is 215 Å². The average molecular weight is 949 g/mol. The molecule has 23 heteroatoms. The molecule has 4 heterocycles. The molecule has 0 bridgehead atoms. The Labute approximate surface area is 379 Å². The summed E-state index contributed by atoms with van der Waals surface area (Å²) in [7, 11) is 0. The Morgan fingerprint density at radius 3 is 1.63 bits per heavy atom. The van der Waals surface area contributed by atoms with Crippen LogP contribution >= 0.6 is 0 Å². The van der Waals surface area contributed by atoms with Gasteiger partial charge in [-0.25, -0.2) is 0 Å². The Hall–Kier alpha value is -4.32. The van der Waals surface area contributed by atoms with Gasteiger partial charge in [0, 0.05) is 16.7 Å². The van der Waals surface area contributed by atoms with Crippen LogP contribution in [0, 0.1) is 13.8 Å². The van der Waals surface area contributed by atoms with Crippen LogP contribution in [0.3, 0.4) is 0 Å². The van der Waals surface area contributed by atoms with Crippen molar-refractivity contribution in [2.45, 2.75) is 111 Å². The molecule has 4 aliphatic heterocycles. The van der Waals surface area contributed by atoms with Gasteiger partial charge in [0.05, 0.1) is 50.6 Å². The molecule has 3 aromatic carbocycles. The van der Waals surface area contributed by atoms with Crippen LogP contribution in [0.25, 0.3) is 16.3 Å². The number of aliphatic hydroxyl groups is 12. The number of fused-ring (bicyclic) bond motifs is 2. The molecular formula is C44H52O23. The van der Waals surface area contributed by atoms with Gasteiger partial charge in [-0.15, -0.1) is 0 Å². The monoisotopic (exact) mass is 948 g/mol. The van der Waals surface area contributed by atoms with E-state index in [4.69, 9.17) is 37.9 Å². The van der Waals surface area contributed by atoms with Crippen molar-refractivity contribution in [3.8, 4) is 17.2 Å². The maximum absolute atomic E-state index is 14.4. The molecule has 0 radical (unpaired) electrons. The fourth-order valence-electron chi connectivity index (χ4n) is 8.56. The molecule has 366 valence electrons. The van der Waals surface area contributed by atoms with E-state index < -0.39 is 154 Å². The number of rotatable bonds is 13. The van der Waals surface area contributed by atoms with Crippen molar-refractivity contribution in [1.82, 2.24) is 0 Å². The second-order valence-electron chi connectivity index (χ2n) is 17.5. The third-order valence-corrected chi connectivity index (χ3v) is 12.6. The predicted octanol–water partition coefficient (Wildman–Crippen LogP) is -4.09. The van der Waals surface area contributed by atoms with Gasteiger partial charge in [-0.3, -0.25) is 9.59 Å². The zero-order valence-electron chi connectivity index (χ0n) is 35.8. The standard InChI is InChI=1S/C44H52O23/c1-16-5-18-3-4-19(30(49)27(18)23(7-16)64-39-35(54)33(52)31(50)25(66-39)10-60-41-37(56)43(58,12-45)14-62-41)20-9-22(47)28-21(29(20)48)6-17(2)8-24(28)65-40-36(55)34(53)32(51)26(67-40)11-61-42-38(57)44(59,13-46)15-63-42/h3-9,25-26,31-42,45-46,49-59H,10-15H2,1-2H3/t25-,26-,31-,32-,33+,34+,35-,36-,37+,38+,39-,40-,41-,42-,43-,44-/m1/s1. The van der Waals surface area contributed by atoms with Crippen LogP contribution in [0.5, 0.6) is 17.2 Å². The summed E-state index contributed by atoms with van der Waals surface area (Å²) in [6.45, 7) is -0.497. The number of carbonyl (C=O) groups excluding carboxylic acids is 2. The molecule has 23 nitrogen and oxygen atoms in total. The van der Waals surface area contributed by atoms with Gasteiger partial charge >= 0.3 is 0 Å². The Bertz CT molecular complexity index is 2390. The summed E-state index contributed by atoms with van der Waals surface area (Å²) in [6.07, 6.45) is -22.8. The van der Waals surface area contributed by atoms with Crippen LogP contribution in [-0.2, 0) is 28.4 Å². The van der Waals surface area contributed by atoms with Crippen LogP contribution in [0.2, 0.25) is 0 Å². The van der Waals surface area contributed by atoms with E-state index in [2.05, 4.69) is 0 Å². The highest BCUT2D eigenvalue weighted by Gasteiger charge is 2.52. The molecule has 5 aliphatic rings. The fraction of sp³-hybridized carbons (Fsp3) is 0.545. The number of phenolic OH excluding ortho intramolecular Hbond substituents is 1. The summed E-state index contributed by atoms with van der Waals surface area (Å²) < 4.78 is 44.9. The average Bonchev–Trinajstić information content (AvgIpc) is 3.75. The van der Waals surface area contributed by atoms with Crippen molar-refractivity contribution in [2.75, 3.05) is 39.6 Å². The molecule has 8 rings (SSSR count). The second-order valence-corrected chi connectivity index (χ2v) is 17.5. The quantitative estimate of drug-likeness (QED) is 0.0775. The number of aromatic hydroxyl groups is 1. The van der Waals surface area contributed by atoms with Gasteiger partial charge in [-0.05, 0) is 60.7 Å². The number of hydrogen-bond acceptors (Lipinski definition) is 23. The first kappa shape index (κ1) is 49.1. The molecule has 0 aromatic heterocycles. The maximum atomic E-state index is 14.4. The zero-order valence-corrected chi connectivity index (χ0v) is 35.8. The Kier molecular flexibility index (Phi) is 13.8. The lowest BCUT2D eigenvalue weighted by molar-refractivity contribution is -0.289. The van der Waals surface area contributed by atoms with Crippen molar-refractivity contribution < 1.29 is 114 Å². The van der Waals surface area contributed by atoms with Crippen molar-refractivity contribution in [3.05, 3.63) is 70.3 Å². The third-order valence-electron chi connectivity index (χ3n) is 12.6. The topological polar surface area (TPSA) is 371 Å². The largest absolute Gasteiger partial charge is 0.507 e. The molecule has 0 saturated carbocycles. The highest BCUT2D eigenvalue weighted by molar-refractivity contribution is 6.39. The lowest BCUT2D eigenvalue weighted by Gasteiger charge is -2.40. The zero-order chi connectivity index (χ0) is 48.4. The molecule has 0 unspecified atom stereocenters. The van der Waals surface area contributed by atoms with Crippen molar-refractivity contribution >= 4 is 27.9 Å². The van der Waals surface area contributed by atoms with Crippen molar-refractivity contribution in [3.63, 3.8) is 0 Å². The number of benzene rings is 3. The summed E-state index contributed by atoms with van der Waals surface area (Å²) in [5.74, 6) is -2.46. The number of ketones is 2. The van der Waals surface area contributed by atoms with E-state index in [1.807, 2.05) is 0 Å². The van der Waals surface area contributed by atoms with E-state index >= 15 is 0 Å². The number of hydrogen-bond donors (Lipinski definition) is 13. The van der Waals surface area contributed by atoms with Crippen molar-refractivity contribution in [2.24, 2.45) is 0 Å². The number of phenols is 1. The number of allylic oxidation sites excluding steroid dienone is 2. The summed E-state index contributed by atoms with van der Waals surface area (Å²) in [6, 6.07) is 8.83. The van der Waals surface area contributed by atoms with E-state index in [1.165, 1.54) is 30.3 Å². The van der Waals surface area contributed by atoms with Crippen LogP contribution < -0.4 is 9.47 Å². The smallest absolute Gasteiger partial charge is 0.229 e. The molecule has 3 aromatic rings. The minimum Gasteiger partial charge on any atom is -0.507 e. The van der Waals surface area contributed by atoms with E-state index in [0.29, 0.717) is 16.5 Å². The maximum Gasteiger partial charge on any atom is 0.229 e. The third kappa shape index (κ3) is 8.95. The Morgan fingerprint density at radius 1 is 0.627 bits per heavy atom. The fourth-order valence-corrected chi connectivity index (χ4v) is 8.56. The Balaban J connectivity index is 1.03. The van der Waals surface area contributed by atoms with Gasteiger partial charge < -0.3 is 104 Å². The first-order chi connectivity index (χ1) is 31.7. The number of carbonyl (C=O) groups is 2. The molecular weight excluding hydrogens is 896 g/mol. The van der Waals surface area contributed by atoms with Gasteiger partial charge in [-0.2, -0.15) is 0 Å². The van der Waals surface area contributed by atoms with Gasteiger partial charge in [-0.1, -0.05) is 12.1 Å². The molecule has 0 spiro atoms. The molecule has 67 heavy (non-hydrogen) atoms. The lowest BCUT2D eigenvalue weighted by atomic mass is 9.84. The predicted molar refractivity (Wildman–Crippen MR) is 220 cm³/mol. The molecule has 13 N–H and O–H groups in total. The van der Waals surface area contributed by atoms with Gasteiger partial charge in [0.25, 0.3) is 0 Å². The highest BCUT2D eigenvalue weighted by Crippen LogP contribution is 2.44. The SMILES string of the molecule is Cc1cc(O[C@@H]2O[C@H](CO[C@@H]3OC[C@](O)(CO)[C@H]3O)[C@@H](O)[C@H](O)[C@H]2O)c2c(c1)C(=O)C(c1ccc3cc(C)cc(O[C@@H]4O[C@H](CO[C@@H]5OC[C@](O)(CO)[C@H]5O)[C@@H](O)[C@H](O)[C@H]4O)c3c1O)=CC2=O. The van der Waals surface area contributed by atoms with Crippen LogP contribution in [0.15, 0.2) is 42.5 Å². The van der Waals surface area contributed by atoms with Gasteiger partial charge in [0.15, 0.2) is 24.1 Å². The molecule has 0 amide bonds. The molecule has 1 aliphatic carbocycles. The summed E-state index contributed by atoms with van der Waals surface area (Å²) in [5, 5.41) is 137. The minimum absolute atomic E-state index is 0.0147. The molecule has 4 fully saturated rings. The molecule has 4 saturated heterocycles. The summed E-state index contributed by atoms with van der Waals surface area (Å²) >= 11 is 0. The number of ether oxygens (including phenoxy) is 8. The number of Topliss-reactive ketones (excluding diaryl/α,β-unsaturated/α-hetero) is 1. The van der Waals surface area contributed by atoms with E-state index in [9.17, 15) is 76.0 Å². The van der Waals surface area contributed by atoms with E-state index in [-0.39, 0.29) is 39.1 Å². The first-order valence-electron chi connectivity index (χ1n) is 21.1. The lowest BCUT2D eigenvalue weighted by Crippen LogP contribution is -2.60. The molecule has 16 atom stereocenters. The van der Waals surface area contributed by atoms with Gasteiger partial charge in [0.2, 0.25) is 12.6 Å². The van der Waals surface area contributed by atoms with E-state index in [0.717, 1.165) is 6.08 Å². The minimum atomic E-state index is -2.02. The van der Waals surface area contributed by atoms with Crippen molar-refractivity contribution in [1.29, 1.82) is 0 Å². The summed E-state index contributed by atoms with van der Waals surface area (Å²) in [5.41, 5.74) is -3.88. The van der Waals surface area contributed by atoms with Crippen LogP contribution in [0.4, 0.5) is 0 Å². The normalized spacial score (nSPS) is 37.7. The van der Waals surface area contributed by atoms with Crippen LogP contribution in [0.1, 0.15) is 37.4 Å². The summed E-state index contributed by atoms with van der Waals surface area (Å²) in [4.78, 5) is 28.4. The Morgan fingerprint density at radius 2 is 1.12 bits per heavy atom. The number of aliphatic hydroxyl groups excluding tert-OH is 10. The highest BCUT2D eigenvalue weighted by atomic mass is 16.7. The second kappa shape index (κ2) is 18.9. The first-order valence-corrected chi connectivity index (χ1v) is 21.1. The van der Waals surface area contributed by atoms with Gasteiger partial charge in [0.1, 0.15) is 89.5 Å². The number of aryl methyl sites for hydroxylation is 2.